The van der Waals surface area contributed by atoms with Gasteiger partial charge in [-0.2, -0.15) is 0 Å². The fourth-order valence-electron chi connectivity index (χ4n) is 2.50. The summed E-state index contributed by atoms with van der Waals surface area (Å²) in [6.07, 6.45) is 1.34. The number of carbonyl (C=O) groups excluding carboxylic acids is 2. The monoisotopic (exact) mass is 343 g/mol. The fraction of sp³-hybridized carbons (Fsp3) is 0.733. The van der Waals surface area contributed by atoms with Gasteiger partial charge in [-0.3, -0.25) is 14.4 Å². The lowest BCUT2D eigenvalue weighted by molar-refractivity contribution is -0.144. The molecule has 9 nitrogen and oxygen atoms in total. The number of carboxylic acid groups (broad SMARTS) is 2. The van der Waals surface area contributed by atoms with Crippen molar-refractivity contribution in [3.63, 3.8) is 0 Å². The zero-order chi connectivity index (χ0) is 18.3. The van der Waals surface area contributed by atoms with Crippen molar-refractivity contribution in [3.8, 4) is 0 Å². The van der Waals surface area contributed by atoms with E-state index in [0.717, 1.165) is 6.42 Å². The van der Waals surface area contributed by atoms with E-state index < -0.39 is 48.3 Å². The smallest absolute Gasteiger partial charge is 0.326 e. The first-order valence-electron chi connectivity index (χ1n) is 8.05. The maximum Gasteiger partial charge on any atom is 0.326 e. The Labute approximate surface area is 140 Å². The van der Waals surface area contributed by atoms with Gasteiger partial charge >= 0.3 is 11.9 Å². The molecule has 0 aromatic carbocycles. The standard InChI is InChI=1S/C15H25N3O6/c1-3-8(2)12(15(23)24)18-14(22)10(7-11(19)20)17-13(21)9-5-4-6-16-9/h8-10,12,16H,3-7H2,1-2H3,(H,17,21)(H,18,22)(H,19,20)(H,23,24)/t8-,9-,10-,12-/m0/s1. The lowest BCUT2D eigenvalue weighted by atomic mass is 9.98. The minimum absolute atomic E-state index is 0.330. The molecule has 2 amide bonds. The van der Waals surface area contributed by atoms with E-state index >= 15 is 0 Å². The van der Waals surface area contributed by atoms with Gasteiger partial charge in [-0.25, -0.2) is 4.79 Å². The van der Waals surface area contributed by atoms with Crippen LogP contribution in [0.15, 0.2) is 0 Å². The Bertz CT molecular complexity index is 490. The van der Waals surface area contributed by atoms with E-state index in [-0.39, 0.29) is 5.92 Å². The van der Waals surface area contributed by atoms with Crippen molar-refractivity contribution in [1.82, 2.24) is 16.0 Å². The number of carbonyl (C=O) groups is 4. The van der Waals surface area contributed by atoms with Crippen LogP contribution in [0.25, 0.3) is 0 Å². The molecule has 1 fully saturated rings. The van der Waals surface area contributed by atoms with Crippen LogP contribution in [0.3, 0.4) is 0 Å². The van der Waals surface area contributed by atoms with E-state index in [1.54, 1.807) is 13.8 Å². The van der Waals surface area contributed by atoms with Gasteiger partial charge in [0.25, 0.3) is 0 Å². The highest BCUT2D eigenvalue weighted by Crippen LogP contribution is 2.09. The van der Waals surface area contributed by atoms with Crippen molar-refractivity contribution in [3.05, 3.63) is 0 Å². The lowest BCUT2D eigenvalue weighted by Crippen LogP contribution is -2.56. The Morgan fingerprint density at radius 1 is 1.21 bits per heavy atom. The van der Waals surface area contributed by atoms with Crippen molar-refractivity contribution < 1.29 is 29.4 Å². The predicted molar refractivity (Wildman–Crippen MR) is 84.2 cm³/mol. The Kier molecular flexibility index (Phi) is 7.63. The SMILES string of the molecule is CC[C@H](C)[C@H](NC(=O)[C@H](CC(=O)O)NC(=O)[C@@H]1CCCN1)C(=O)O. The number of hydrogen-bond donors (Lipinski definition) is 5. The molecule has 1 saturated heterocycles. The van der Waals surface area contributed by atoms with Crippen molar-refractivity contribution in [1.29, 1.82) is 0 Å². The first-order chi connectivity index (χ1) is 11.3. The number of amides is 2. The molecule has 0 aromatic rings. The van der Waals surface area contributed by atoms with E-state index in [4.69, 9.17) is 5.11 Å². The Balaban J connectivity index is 2.77. The van der Waals surface area contributed by atoms with E-state index in [0.29, 0.717) is 19.4 Å². The van der Waals surface area contributed by atoms with Gasteiger partial charge in [-0.05, 0) is 25.3 Å². The predicted octanol–water partition coefficient (Wildman–Crippen LogP) is -0.687. The molecule has 24 heavy (non-hydrogen) atoms. The van der Waals surface area contributed by atoms with Crippen molar-refractivity contribution in [2.45, 2.75) is 57.7 Å². The zero-order valence-corrected chi connectivity index (χ0v) is 13.9. The first-order valence-corrected chi connectivity index (χ1v) is 8.05. The third-order valence-corrected chi connectivity index (χ3v) is 4.17. The highest BCUT2D eigenvalue weighted by molar-refractivity contribution is 5.94. The molecule has 0 bridgehead atoms. The van der Waals surface area contributed by atoms with Crippen LogP contribution in [0.4, 0.5) is 0 Å². The van der Waals surface area contributed by atoms with Crippen LogP contribution in [0, 0.1) is 5.92 Å². The number of carboxylic acids is 2. The summed E-state index contributed by atoms with van der Waals surface area (Å²) in [7, 11) is 0. The van der Waals surface area contributed by atoms with Crippen molar-refractivity contribution >= 4 is 23.8 Å². The Morgan fingerprint density at radius 2 is 1.88 bits per heavy atom. The van der Waals surface area contributed by atoms with Gasteiger partial charge in [0.1, 0.15) is 12.1 Å². The molecule has 136 valence electrons. The summed E-state index contributed by atoms with van der Waals surface area (Å²) in [5.74, 6) is -4.05. The summed E-state index contributed by atoms with van der Waals surface area (Å²) in [6.45, 7) is 4.14. The van der Waals surface area contributed by atoms with Crippen LogP contribution in [0.1, 0.15) is 39.5 Å². The molecule has 9 heteroatoms. The summed E-state index contributed by atoms with van der Waals surface area (Å²) in [5.41, 5.74) is 0. The molecule has 1 aliphatic heterocycles. The molecule has 0 unspecified atom stereocenters. The fourth-order valence-corrected chi connectivity index (χ4v) is 2.50. The molecular formula is C15H25N3O6. The molecule has 0 aromatic heterocycles. The lowest BCUT2D eigenvalue weighted by Gasteiger charge is -2.24. The van der Waals surface area contributed by atoms with Crippen LogP contribution in [-0.4, -0.2) is 58.6 Å². The molecule has 4 atom stereocenters. The summed E-state index contributed by atoms with van der Waals surface area (Å²) >= 11 is 0. The third kappa shape index (κ3) is 5.80. The van der Waals surface area contributed by atoms with Gasteiger partial charge in [-0.1, -0.05) is 20.3 Å². The second-order valence-electron chi connectivity index (χ2n) is 6.02. The summed E-state index contributed by atoms with van der Waals surface area (Å²) in [4.78, 5) is 46.6. The van der Waals surface area contributed by atoms with Gasteiger partial charge in [0.05, 0.1) is 12.5 Å². The van der Waals surface area contributed by atoms with Gasteiger partial charge in [0.2, 0.25) is 11.8 Å². The average molecular weight is 343 g/mol. The second-order valence-corrected chi connectivity index (χ2v) is 6.02. The summed E-state index contributed by atoms with van der Waals surface area (Å²) < 4.78 is 0. The molecule has 0 spiro atoms. The maximum atomic E-state index is 12.3. The molecule has 1 rings (SSSR count). The summed E-state index contributed by atoms with van der Waals surface area (Å²) in [6, 6.07) is -2.91. The molecule has 5 N–H and O–H groups in total. The van der Waals surface area contributed by atoms with E-state index in [9.17, 15) is 24.3 Å². The number of rotatable bonds is 9. The van der Waals surface area contributed by atoms with Gasteiger partial charge in [0.15, 0.2) is 0 Å². The number of nitrogens with one attached hydrogen (secondary N) is 3. The van der Waals surface area contributed by atoms with Crippen LogP contribution in [0.2, 0.25) is 0 Å². The van der Waals surface area contributed by atoms with Crippen LogP contribution in [-0.2, 0) is 19.2 Å². The number of hydrogen-bond acceptors (Lipinski definition) is 5. The average Bonchev–Trinajstić information content (AvgIpc) is 3.04. The largest absolute Gasteiger partial charge is 0.481 e. The second kappa shape index (κ2) is 9.21. The first kappa shape index (κ1) is 19.9. The van der Waals surface area contributed by atoms with Crippen molar-refractivity contribution in [2.24, 2.45) is 5.92 Å². The molecule has 1 heterocycles. The zero-order valence-electron chi connectivity index (χ0n) is 13.9. The van der Waals surface area contributed by atoms with Gasteiger partial charge in [0, 0.05) is 0 Å². The van der Waals surface area contributed by atoms with E-state index in [2.05, 4.69) is 16.0 Å². The highest BCUT2D eigenvalue weighted by Gasteiger charge is 2.32. The van der Waals surface area contributed by atoms with E-state index in [1.807, 2.05) is 0 Å². The minimum Gasteiger partial charge on any atom is -0.481 e. The third-order valence-electron chi connectivity index (χ3n) is 4.17. The normalized spacial score (nSPS) is 20.7. The molecule has 0 aliphatic carbocycles. The number of aliphatic carboxylic acids is 2. The van der Waals surface area contributed by atoms with Crippen LogP contribution in [0.5, 0.6) is 0 Å². The molecule has 0 saturated carbocycles. The van der Waals surface area contributed by atoms with Gasteiger partial charge in [-0.15, -0.1) is 0 Å². The molecule has 1 aliphatic rings. The van der Waals surface area contributed by atoms with Gasteiger partial charge < -0.3 is 26.2 Å². The quantitative estimate of drug-likeness (QED) is 0.373. The van der Waals surface area contributed by atoms with E-state index in [1.165, 1.54) is 0 Å². The van der Waals surface area contributed by atoms with Crippen LogP contribution < -0.4 is 16.0 Å². The Morgan fingerprint density at radius 3 is 2.33 bits per heavy atom. The molecule has 0 radical (unpaired) electrons. The van der Waals surface area contributed by atoms with Crippen LogP contribution >= 0.6 is 0 Å². The highest BCUT2D eigenvalue weighted by atomic mass is 16.4. The maximum absolute atomic E-state index is 12.3. The topological polar surface area (TPSA) is 145 Å². The van der Waals surface area contributed by atoms with Crippen molar-refractivity contribution in [2.75, 3.05) is 6.54 Å². The molecular weight excluding hydrogens is 318 g/mol. The minimum atomic E-state index is -1.32. The Hall–Kier alpha value is -2.16. The summed E-state index contributed by atoms with van der Waals surface area (Å²) in [5, 5.41) is 25.9.